The second kappa shape index (κ2) is 10.7. The molecule has 178 valence electrons. The second-order valence-corrected chi connectivity index (χ2v) is 7.69. The third-order valence-electron chi connectivity index (χ3n) is 5.22. The van der Waals surface area contributed by atoms with Crippen LogP contribution in [-0.2, 0) is 17.6 Å². The molecule has 4 aromatic rings. The van der Waals surface area contributed by atoms with E-state index in [4.69, 9.17) is 4.74 Å². The quantitative estimate of drug-likeness (QED) is 0.242. The number of carbonyl (C=O) groups excluding carboxylic acids is 1. The maximum Gasteiger partial charge on any atom is 0.416 e. The Labute approximate surface area is 200 Å². The highest BCUT2D eigenvalue weighted by Gasteiger charge is 2.30. The highest BCUT2D eigenvalue weighted by molar-refractivity contribution is 5.87. The van der Waals surface area contributed by atoms with Crippen molar-refractivity contribution in [2.45, 2.75) is 12.8 Å². The molecule has 0 aliphatic heterocycles. The zero-order valence-electron chi connectivity index (χ0n) is 18.5. The van der Waals surface area contributed by atoms with Gasteiger partial charge in [-0.3, -0.25) is 4.79 Å². The molecule has 0 fully saturated rings. The fourth-order valence-electron chi connectivity index (χ4n) is 3.49. The Balaban J connectivity index is 1.34. The first-order chi connectivity index (χ1) is 16.9. The minimum atomic E-state index is -4.45. The van der Waals surface area contributed by atoms with Crippen molar-refractivity contribution in [3.8, 4) is 5.75 Å². The first-order valence-electron chi connectivity index (χ1n) is 10.8. The number of amides is 1. The maximum atomic E-state index is 12.8. The number of fused-ring (bicyclic) bond motifs is 1. The molecule has 0 unspecified atom stereocenters. The Morgan fingerprint density at radius 3 is 2.51 bits per heavy atom. The van der Waals surface area contributed by atoms with Crippen LogP contribution < -0.4 is 15.5 Å². The Bertz CT molecular complexity index is 1350. The van der Waals surface area contributed by atoms with Gasteiger partial charge in [0.2, 0.25) is 0 Å². The average molecular weight is 477 g/mol. The Kier molecular flexibility index (Phi) is 7.30. The van der Waals surface area contributed by atoms with E-state index in [0.29, 0.717) is 17.9 Å². The number of halogens is 3. The van der Waals surface area contributed by atoms with Crippen LogP contribution in [0.3, 0.4) is 0 Å². The van der Waals surface area contributed by atoms with E-state index in [1.54, 1.807) is 6.07 Å². The van der Waals surface area contributed by atoms with Gasteiger partial charge in [-0.25, -0.2) is 5.43 Å². The summed E-state index contributed by atoms with van der Waals surface area (Å²) in [6.45, 7) is 0.122. The number of nitrogens with zero attached hydrogens (tertiary/aromatic N) is 1. The van der Waals surface area contributed by atoms with Crippen molar-refractivity contribution in [3.05, 3.63) is 108 Å². The lowest BCUT2D eigenvalue weighted by molar-refractivity contribution is -0.137. The fraction of sp³-hybridized carbons (Fsp3) is 0.111. The standard InChI is InChI=1S/C27H22F3N3O2/c28-27(29,30)22-11-6-12-23(15-22)31-17-26(34)33-32-16-20-8-2-4-14-25(20)35-18-21-10-5-9-19-7-1-3-13-24(19)21/h1-16,31H,17-18H2,(H,33,34)/b32-16-. The summed E-state index contributed by atoms with van der Waals surface area (Å²) >= 11 is 0. The van der Waals surface area contributed by atoms with E-state index in [9.17, 15) is 18.0 Å². The largest absolute Gasteiger partial charge is 0.488 e. The van der Waals surface area contributed by atoms with E-state index >= 15 is 0 Å². The molecule has 0 spiro atoms. The summed E-state index contributed by atoms with van der Waals surface area (Å²) < 4.78 is 44.5. The van der Waals surface area contributed by atoms with Crippen LogP contribution in [-0.4, -0.2) is 18.7 Å². The normalized spacial score (nSPS) is 11.5. The Morgan fingerprint density at radius 2 is 1.66 bits per heavy atom. The number of carbonyl (C=O) groups is 1. The van der Waals surface area contributed by atoms with Crippen molar-refractivity contribution in [1.29, 1.82) is 0 Å². The van der Waals surface area contributed by atoms with Crippen LogP contribution >= 0.6 is 0 Å². The Hall–Kier alpha value is -4.33. The minimum Gasteiger partial charge on any atom is -0.488 e. The van der Waals surface area contributed by atoms with Crippen molar-refractivity contribution in [3.63, 3.8) is 0 Å². The summed E-state index contributed by atoms with van der Waals surface area (Å²) in [5.74, 6) is 0.0911. The molecular weight excluding hydrogens is 455 g/mol. The summed E-state index contributed by atoms with van der Waals surface area (Å²) in [5.41, 5.74) is 3.47. The summed E-state index contributed by atoms with van der Waals surface area (Å²) in [4.78, 5) is 12.1. The van der Waals surface area contributed by atoms with E-state index in [2.05, 4.69) is 15.8 Å². The smallest absolute Gasteiger partial charge is 0.416 e. The first kappa shape index (κ1) is 23.8. The van der Waals surface area contributed by atoms with Gasteiger partial charge in [0.05, 0.1) is 18.3 Å². The molecule has 0 aliphatic carbocycles. The lowest BCUT2D eigenvalue weighted by Crippen LogP contribution is -2.26. The Morgan fingerprint density at radius 1 is 0.914 bits per heavy atom. The summed E-state index contributed by atoms with van der Waals surface area (Å²) in [5, 5.41) is 8.85. The maximum absolute atomic E-state index is 12.8. The molecule has 0 atom stereocenters. The molecule has 8 heteroatoms. The van der Waals surface area contributed by atoms with Crippen LogP contribution in [0.1, 0.15) is 16.7 Å². The first-order valence-corrected chi connectivity index (χ1v) is 10.8. The number of alkyl halides is 3. The lowest BCUT2D eigenvalue weighted by atomic mass is 10.1. The van der Waals surface area contributed by atoms with Crippen molar-refractivity contribution in [2.75, 3.05) is 11.9 Å². The van der Waals surface area contributed by atoms with E-state index < -0.39 is 17.6 Å². The number of ether oxygens (including phenoxy) is 1. The molecule has 0 heterocycles. The van der Waals surface area contributed by atoms with Gasteiger partial charge in [-0.05, 0) is 46.7 Å². The van der Waals surface area contributed by atoms with Crippen molar-refractivity contribution in [2.24, 2.45) is 5.10 Å². The van der Waals surface area contributed by atoms with Crippen LogP contribution in [0.15, 0.2) is 96.1 Å². The summed E-state index contributed by atoms with van der Waals surface area (Å²) in [6, 6.07) is 26.0. The number of benzene rings is 4. The van der Waals surface area contributed by atoms with E-state index in [1.807, 2.05) is 60.7 Å². The highest BCUT2D eigenvalue weighted by Crippen LogP contribution is 2.30. The van der Waals surface area contributed by atoms with Gasteiger partial charge in [0.15, 0.2) is 0 Å². The molecular formula is C27H22F3N3O2. The molecule has 0 aliphatic rings. The molecule has 0 saturated heterocycles. The number of anilines is 1. The van der Waals surface area contributed by atoms with Gasteiger partial charge in [0.1, 0.15) is 12.4 Å². The molecule has 4 aromatic carbocycles. The molecule has 35 heavy (non-hydrogen) atoms. The molecule has 0 radical (unpaired) electrons. The minimum absolute atomic E-state index is 0.186. The summed E-state index contributed by atoms with van der Waals surface area (Å²) in [6.07, 6.45) is -2.99. The van der Waals surface area contributed by atoms with Crippen LogP contribution in [0.25, 0.3) is 10.8 Å². The van der Waals surface area contributed by atoms with Gasteiger partial charge in [-0.15, -0.1) is 0 Å². The molecule has 5 nitrogen and oxygen atoms in total. The predicted octanol–water partition coefficient (Wildman–Crippen LogP) is 6.00. The molecule has 0 saturated carbocycles. The summed E-state index contributed by atoms with van der Waals surface area (Å²) in [7, 11) is 0. The lowest BCUT2D eigenvalue weighted by Gasteiger charge is -2.11. The van der Waals surface area contributed by atoms with Gasteiger partial charge < -0.3 is 10.1 Å². The molecule has 1 amide bonds. The van der Waals surface area contributed by atoms with Crippen molar-refractivity contribution >= 4 is 28.6 Å². The SMILES string of the molecule is O=C(CNc1cccc(C(F)(F)F)c1)N/N=C\c1ccccc1OCc1cccc2ccccc12. The van der Waals surface area contributed by atoms with Crippen molar-refractivity contribution < 1.29 is 22.7 Å². The van der Waals surface area contributed by atoms with Crippen LogP contribution in [0.2, 0.25) is 0 Å². The monoisotopic (exact) mass is 477 g/mol. The van der Waals surface area contributed by atoms with E-state index in [0.717, 1.165) is 28.5 Å². The molecule has 0 bridgehead atoms. The predicted molar refractivity (Wildman–Crippen MR) is 130 cm³/mol. The van der Waals surface area contributed by atoms with Gasteiger partial charge >= 0.3 is 6.18 Å². The van der Waals surface area contributed by atoms with Crippen molar-refractivity contribution in [1.82, 2.24) is 5.43 Å². The number of rotatable bonds is 8. The second-order valence-electron chi connectivity index (χ2n) is 7.69. The number of nitrogens with one attached hydrogen (secondary N) is 2. The van der Waals surface area contributed by atoms with Crippen LogP contribution in [0.4, 0.5) is 18.9 Å². The zero-order valence-corrected chi connectivity index (χ0v) is 18.5. The van der Waals surface area contributed by atoms with Crippen LogP contribution in [0.5, 0.6) is 5.75 Å². The zero-order chi connectivity index (χ0) is 24.7. The number of hydrogen-bond acceptors (Lipinski definition) is 4. The molecule has 0 aromatic heterocycles. The molecule has 2 N–H and O–H groups in total. The topological polar surface area (TPSA) is 62.7 Å². The van der Waals surface area contributed by atoms with Gasteiger partial charge in [0.25, 0.3) is 5.91 Å². The third-order valence-corrected chi connectivity index (χ3v) is 5.22. The average Bonchev–Trinajstić information content (AvgIpc) is 2.86. The molecule has 4 rings (SSSR count). The fourth-order valence-corrected chi connectivity index (χ4v) is 3.49. The number of hydrogen-bond donors (Lipinski definition) is 2. The number of hydrazone groups is 1. The third kappa shape index (κ3) is 6.38. The van der Waals surface area contributed by atoms with E-state index in [1.165, 1.54) is 18.3 Å². The van der Waals surface area contributed by atoms with E-state index in [-0.39, 0.29) is 12.2 Å². The van der Waals surface area contributed by atoms with Gasteiger partial charge in [0, 0.05) is 11.3 Å². The van der Waals surface area contributed by atoms with Gasteiger partial charge in [-0.2, -0.15) is 18.3 Å². The number of para-hydroxylation sites is 1. The highest BCUT2D eigenvalue weighted by atomic mass is 19.4. The van der Waals surface area contributed by atoms with Crippen LogP contribution in [0, 0.1) is 0 Å². The van der Waals surface area contributed by atoms with Gasteiger partial charge in [-0.1, -0.05) is 60.7 Å².